The zero-order chi connectivity index (χ0) is 17.1. The Morgan fingerprint density at radius 3 is 2.46 bits per heavy atom. The van der Waals surface area contributed by atoms with Crippen molar-refractivity contribution in [3.05, 3.63) is 53.8 Å². The third-order valence-corrected chi connectivity index (χ3v) is 4.10. The molecule has 0 radical (unpaired) electrons. The zero-order valence-corrected chi connectivity index (χ0v) is 13.7. The van der Waals surface area contributed by atoms with Crippen LogP contribution in [0, 0.1) is 5.82 Å². The van der Waals surface area contributed by atoms with Gasteiger partial charge in [-0.2, -0.15) is 5.10 Å². The predicted molar refractivity (Wildman–Crippen MR) is 92.3 cm³/mol. The van der Waals surface area contributed by atoms with Crippen LogP contribution >= 0.6 is 0 Å². The average molecular weight is 329 g/mol. The van der Waals surface area contributed by atoms with Gasteiger partial charge in [0.25, 0.3) is 0 Å². The monoisotopic (exact) mass is 329 g/mol. The molecule has 0 bridgehead atoms. The number of hydrogen-bond donors (Lipinski definition) is 1. The van der Waals surface area contributed by atoms with Crippen LogP contribution in [0.1, 0.15) is 18.0 Å². The summed E-state index contributed by atoms with van der Waals surface area (Å²) in [4.78, 5) is 0. The molecule has 2 N–H and O–H groups in total. The summed E-state index contributed by atoms with van der Waals surface area (Å²) in [5.74, 6) is 1.03. The van der Waals surface area contributed by atoms with Gasteiger partial charge in [0, 0.05) is 19.0 Å². The van der Waals surface area contributed by atoms with Crippen molar-refractivity contribution in [3.63, 3.8) is 0 Å². The van der Waals surface area contributed by atoms with Gasteiger partial charge >= 0.3 is 0 Å². The lowest BCUT2D eigenvalue weighted by Gasteiger charge is -2.24. The van der Waals surface area contributed by atoms with E-state index in [0.717, 1.165) is 17.0 Å². The van der Waals surface area contributed by atoms with Gasteiger partial charge in [-0.3, -0.25) is 5.01 Å². The van der Waals surface area contributed by atoms with Gasteiger partial charge in [-0.25, -0.2) is 4.39 Å². The van der Waals surface area contributed by atoms with Crippen LogP contribution in [0.5, 0.6) is 11.5 Å². The van der Waals surface area contributed by atoms with Gasteiger partial charge in [0.15, 0.2) is 11.5 Å². The Kier molecular flexibility index (Phi) is 4.66. The number of nitrogens with two attached hydrogens (primary N) is 1. The Morgan fingerprint density at radius 2 is 1.83 bits per heavy atom. The average Bonchev–Trinajstić information content (AvgIpc) is 3.06. The normalized spacial score (nSPS) is 16.9. The predicted octanol–water partition coefficient (Wildman–Crippen LogP) is 3.11. The maximum atomic E-state index is 13.2. The maximum absolute atomic E-state index is 13.2. The lowest BCUT2D eigenvalue weighted by molar-refractivity contribution is 0.355. The van der Waals surface area contributed by atoms with E-state index in [1.54, 1.807) is 26.4 Å². The smallest absolute Gasteiger partial charge is 0.162 e. The summed E-state index contributed by atoms with van der Waals surface area (Å²) in [7, 11) is 3.19. The van der Waals surface area contributed by atoms with E-state index in [2.05, 4.69) is 5.10 Å². The van der Waals surface area contributed by atoms with Crippen LogP contribution < -0.4 is 20.2 Å². The molecular formula is C18H20FN3O2. The molecule has 0 fully saturated rings. The third kappa shape index (κ3) is 3.05. The Labute approximate surface area is 140 Å². The van der Waals surface area contributed by atoms with Gasteiger partial charge in [-0.15, -0.1) is 0 Å². The fraction of sp³-hybridized carbons (Fsp3) is 0.278. The Hall–Kier alpha value is -2.60. The van der Waals surface area contributed by atoms with Gasteiger partial charge < -0.3 is 15.2 Å². The van der Waals surface area contributed by atoms with E-state index < -0.39 is 0 Å². The first-order valence-corrected chi connectivity index (χ1v) is 7.69. The summed E-state index contributed by atoms with van der Waals surface area (Å²) >= 11 is 0. The summed E-state index contributed by atoms with van der Waals surface area (Å²) in [5.41, 5.74) is 8.53. The van der Waals surface area contributed by atoms with Crippen LogP contribution in [-0.2, 0) is 0 Å². The maximum Gasteiger partial charge on any atom is 0.162 e. The van der Waals surface area contributed by atoms with E-state index in [0.29, 0.717) is 24.5 Å². The van der Waals surface area contributed by atoms with Crippen molar-refractivity contribution in [1.82, 2.24) is 0 Å². The first-order valence-electron chi connectivity index (χ1n) is 7.69. The number of anilines is 1. The molecule has 0 amide bonds. The van der Waals surface area contributed by atoms with Gasteiger partial charge in [0.1, 0.15) is 5.82 Å². The van der Waals surface area contributed by atoms with Crippen LogP contribution in [0.15, 0.2) is 47.6 Å². The quantitative estimate of drug-likeness (QED) is 0.916. The lowest BCUT2D eigenvalue weighted by Crippen LogP contribution is -2.18. The molecule has 0 saturated carbocycles. The molecule has 3 rings (SSSR count). The summed E-state index contributed by atoms with van der Waals surface area (Å²) in [6.07, 6.45) is 0.705. The van der Waals surface area contributed by atoms with Gasteiger partial charge in [-0.05, 0) is 29.8 Å². The molecule has 1 aliphatic rings. The highest BCUT2D eigenvalue weighted by molar-refractivity contribution is 5.90. The number of hydrazone groups is 1. The van der Waals surface area contributed by atoms with E-state index in [4.69, 9.17) is 15.2 Å². The number of nitrogens with zero attached hydrogens (tertiary/aromatic N) is 2. The largest absolute Gasteiger partial charge is 0.493 e. The minimum Gasteiger partial charge on any atom is -0.493 e. The number of rotatable bonds is 5. The van der Waals surface area contributed by atoms with E-state index in [1.165, 1.54) is 12.1 Å². The van der Waals surface area contributed by atoms with Crippen LogP contribution in [0.2, 0.25) is 0 Å². The Morgan fingerprint density at radius 1 is 1.12 bits per heavy atom. The molecule has 0 spiro atoms. The second-order valence-electron chi connectivity index (χ2n) is 5.53. The molecule has 0 aliphatic carbocycles. The van der Waals surface area contributed by atoms with Crippen LogP contribution in [0.25, 0.3) is 0 Å². The topological polar surface area (TPSA) is 60.1 Å². The number of methoxy groups -OCH3 is 2. The molecule has 24 heavy (non-hydrogen) atoms. The molecule has 5 nitrogen and oxygen atoms in total. The third-order valence-electron chi connectivity index (χ3n) is 4.10. The Balaban J connectivity index is 1.98. The highest BCUT2D eigenvalue weighted by atomic mass is 19.1. The van der Waals surface area contributed by atoms with Crippen molar-refractivity contribution < 1.29 is 13.9 Å². The Bertz CT molecular complexity index is 746. The van der Waals surface area contributed by atoms with Gasteiger partial charge in [-0.1, -0.05) is 12.1 Å². The molecule has 1 atom stereocenters. The number of ether oxygens (including phenoxy) is 2. The fourth-order valence-corrected chi connectivity index (χ4v) is 2.85. The summed E-state index contributed by atoms with van der Waals surface area (Å²) in [6, 6.07) is 12.1. The van der Waals surface area contributed by atoms with Crippen molar-refractivity contribution >= 4 is 11.4 Å². The lowest BCUT2D eigenvalue weighted by atomic mass is 10.0. The van der Waals surface area contributed by atoms with Crippen molar-refractivity contribution in [2.24, 2.45) is 10.8 Å². The van der Waals surface area contributed by atoms with Gasteiger partial charge in [0.2, 0.25) is 0 Å². The SMILES string of the molecule is COc1ccc(N2N=C(CN)CC2c2ccc(F)cc2)cc1OC. The second-order valence-corrected chi connectivity index (χ2v) is 5.53. The molecule has 6 heteroatoms. The molecular weight excluding hydrogens is 309 g/mol. The van der Waals surface area contributed by atoms with Crippen molar-refractivity contribution in [2.45, 2.75) is 12.5 Å². The number of benzene rings is 2. The van der Waals surface area contributed by atoms with E-state index in [9.17, 15) is 4.39 Å². The summed E-state index contributed by atoms with van der Waals surface area (Å²) < 4.78 is 23.9. The highest BCUT2D eigenvalue weighted by Crippen LogP contribution is 2.39. The van der Waals surface area contributed by atoms with Crippen molar-refractivity contribution in [2.75, 3.05) is 25.8 Å². The zero-order valence-electron chi connectivity index (χ0n) is 13.7. The van der Waals surface area contributed by atoms with Gasteiger partial charge in [0.05, 0.1) is 31.7 Å². The number of hydrogen-bond acceptors (Lipinski definition) is 5. The molecule has 126 valence electrons. The first-order chi connectivity index (χ1) is 11.7. The first kappa shape index (κ1) is 16.3. The van der Waals surface area contributed by atoms with E-state index in [-0.39, 0.29) is 11.9 Å². The molecule has 0 aromatic heterocycles. The second kappa shape index (κ2) is 6.88. The molecule has 2 aromatic carbocycles. The standard InChI is InChI=1S/C18H20FN3O2/c1-23-17-8-7-15(10-18(17)24-2)22-16(9-14(11-20)21-22)12-3-5-13(19)6-4-12/h3-8,10,16H,9,11,20H2,1-2H3. The molecule has 1 aliphatic heterocycles. The van der Waals surface area contributed by atoms with Crippen molar-refractivity contribution in [1.29, 1.82) is 0 Å². The fourth-order valence-electron chi connectivity index (χ4n) is 2.85. The summed E-state index contributed by atoms with van der Waals surface area (Å²) in [5, 5.41) is 6.52. The van der Waals surface area contributed by atoms with E-state index >= 15 is 0 Å². The van der Waals surface area contributed by atoms with Crippen LogP contribution in [-0.4, -0.2) is 26.5 Å². The highest BCUT2D eigenvalue weighted by Gasteiger charge is 2.29. The van der Waals surface area contributed by atoms with Crippen LogP contribution in [0.3, 0.4) is 0 Å². The molecule has 1 unspecified atom stereocenters. The molecule has 2 aromatic rings. The number of halogens is 1. The van der Waals surface area contributed by atoms with Crippen LogP contribution in [0.4, 0.5) is 10.1 Å². The molecule has 1 heterocycles. The minimum absolute atomic E-state index is 0.0257. The van der Waals surface area contributed by atoms with E-state index in [1.807, 2.05) is 23.2 Å². The minimum atomic E-state index is -0.255. The molecule has 0 saturated heterocycles. The summed E-state index contributed by atoms with van der Waals surface area (Å²) in [6.45, 7) is 0.390. The van der Waals surface area contributed by atoms with Crippen molar-refractivity contribution in [3.8, 4) is 11.5 Å².